The molecule has 0 fully saturated rings. The SMILES string of the molecule is CCOc1ccc(S(=O)(=O)N(Cc2ccc(-c3nn[nH]n3)c(F)c2)Cc2ccccn2)cc1. The first-order chi connectivity index (χ1) is 16.0. The molecular weight excluding hydrogens is 447 g/mol. The maximum Gasteiger partial charge on any atom is 0.243 e. The summed E-state index contributed by atoms with van der Waals surface area (Å²) in [5.41, 5.74) is 1.19. The molecule has 0 aliphatic rings. The smallest absolute Gasteiger partial charge is 0.243 e. The van der Waals surface area contributed by atoms with E-state index in [0.29, 0.717) is 23.6 Å². The summed E-state index contributed by atoms with van der Waals surface area (Å²) in [5, 5.41) is 13.3. The van der Waals surface area contributed by atoms with E-state index in [0.717, 1.165) is 0 Å². The summed E-state index contributed by atoms with van der Waals surface area (Å²) in [7, 11) is -3.92. The van der Waals surface area contributed by atoms with E-state index in [4.69, 9.17) is 4.74 Å². The third-order valence-electron chi connectivity index (χ3n) is 4.82. The summed E-state index contributed by atoms with van der Waals surface area (Å²) in [6, 6.07) is 15.9. The zero-order valence-corrected chi connectivity index (χ0v) is 18.5. The largest absolute Gasteiger partial charge is 0.494 e. The first kappa shape index (κ1) is 22.5. The lowest BCUT2D eigenvalue weighted by Crippen LogP contribution is -2.30. The Morgan fingerprint density at radius 1 is 1.06 bits per heavy atom. The first-order valence-corrected chi connectivity index (χ1v) is 11.6. The molecule has 2 aromatic heterocycles. The van der Waals surface area contributed by atoms with Crippen LogP contribution in [0, 0.1) is 5.82 Å². The van der Waals surface area contributed by atoms with Crippen LogP contribution in [0.5, 0.6) is 5.75 Å². The molecule has 1 N–H and O–H groups in total. The van der Waals surface area contributed by atoms with E-state index in [9.17, 15) is 12.8 Å². The van der Waals surface area contributed by atoms with Crippen LogP contribution in [-0.4, -0.2) is 44.9 Å². The van der Waals surface area contributed by atoms with Gasteiger partial charge in [0, 0.05) is 12.7 Å². The topological polar surface area (TPSA) is 114 Å². The van der Waals surface area contributed by atoms with Gasteiger partial charge in [0.25, 0.3) is 0 Å². The molecule has 0 radical (unpaired) electrons. The van der Waals surface area contributed by atoms with Crippen LogP contribution in [0.25, 0.3) is 11.4 Å². The fraction of sp³-hybridized carbons (Fsp3) is 0.182. The number of benzene rings is 2. The summed E-state index contributed by atoms with van der Waals surface area (Å²) in [6.45, 7) is 2.28. The van der Waals surface area contributed by atoms with Gasteiger partial charge in [0.1, 0.15) is 11.6 Å². The molecule has 11 heteroatoms. The van der Waals surface area contributed by atoms with E-state index in [1.54, 1.807) is 42.6 Å². The van der Waals surface area contributed by atoms with Gasteiger partial charge < -0.3 is 4.74 Å². The number of rotatable bonds is 9. The van der Waals surface area contributed by atoms with E-state index in [-0.39, 0.29) is 29.4 Å². The number of aromatic amines is 1. The second-order valence-corrected chi connectivity index (χ2v) is 8.99. The number of hydrogen-bond acceptors (Lipinski definition) is 7. The van der Waals surface area contributed by atoms with Crippen molar-refractivity contribution in [2.24, 2.45) is 0 Å². The fourth-order valence-electron chi connectivity index (χ4n) is 3.24. The van der Waals surface area contributed by atoms with Gasteiger partial charge in [0.05, 0.1) is 29.3 Å². The van der Waals surface area contributed by atoms with E-state index in [2.05, 4.69) is 25.6 Å². The number of pyridine rings is 1. The fourth-order valence-corrected chi connectivity index (χ4v) is 4.64. The molecule has 0 unspecified atom stereocenters. The molecule has 0 aliphatic heterocycles. The average molecular weight is 469 g/mol. The van der Waals surface area contributed by atoms with Crippen molar-refractivity contribution in [3.63, 3.8) is 0 Å². The highest BCUT2D eigenvalue weighted by Crippen LogP contribution is 2.25. The molecule has 4 rings (SSSR count). The number of halogens is 1. The zero-order valence-electron chi connectivity index (χ0n) is 17.7. The maximum atomic E-state index is 14.7. The number of nitrogens with one attached hydrogen (secondary N) is 1. The molecule has 0 saturated carbocycles. The van der Waals surface area contributed by atoms with Gasteiger partial charge in [-0.2, -0.15) is 9.52 Å². The van der Waals surface area contributed by atoms with Crippen LogP contribution in [0.3, 0.4) is 0 Å². The average Bonchev–Trinajstić information content (AvgIpc) is 3.35. The number of H-pyrrole nitrogens is 1. The standard InChI is InChI=1S/C22H21FN6O3S/c1-2-32-18-7-9-19(10-8-18)33(30,31)29(15-17-5-3-4-12-24-17)14-16-6-11-20(21(23)13-16)22-25-27-28-26-22/h3-13H,2,14-15H2,1H3,(H,25,26,27,28). The summed E-state index contributed by atoms with van der Waals surface area (Å²) in [4.78, 5) is 4.35. The number of sulfonamides is 1. The van der Waals surface area contributed by atoms with Crippen LogP contribution in [0.4, 0.5) is 4.39 Å². The van der Waals surface area contributed by atoms with Crippen LogP contribution in [-0.2, 0) is 23.1 Å². The van der Waals surface area contributed by atoms with Crippen LogP contribution in [0.2, 0.25) is 0 Å². The predicted octanol–water partition coefficient (Wildman–Crippen LogP) is 3.19. The lowest BCUT2D eigenvalue weighted by molar-refractivity contribution is 0.340. The number of nitrogens with zero attached hydrogens (tertiary/aromatic N) is 5. The molecule has 0 bridgehead atoms. The van der Waals surface area contributed by atoms with Crippen molar-refractivity contribution in [1.82, 2.24) is 29.9 Å². The normalized spacial score (nSPS) is 11.6. The van der Waals surface area contributed by atoms with Crippen LogP contribution in [0.15, 0.2) is 71.8 Å². The Bertz CT molecular complexity index is 1300. The van der Waals surface area contributed by atoms with E-state index in [1.165, 1.54) is 28.6 Å². The van der Waals surface area contributed by atoms with Crippen LogP contribution in [0.1, 0.15) is 18.2 Å². The van der Waals surface area contributed by atoms with Gasteiger partial charge in [-0.1, -0.05) is 12.1 Å². The Labute approximate surface area is 190 Å². The quantitative estimate of drug-likeness (QED) is 0.401. The summed E-state index contributed by atoms with van der Waals surface area (Å²) >= 11 is 0. The summed E-state index contributed by atoms with van der Waals surface area (Å²) in [5.74, 6) is 0.114. The molecule has 9 nitrogen and oxygen atoms in total. The third-order valence-corrected chi connectivity index (χ3v) is 6.62. The van der Waals surface area contributed by atoms with Gasteiger partial charge in [0.15, 0.2) is 0 Å². The number of tetrazole rings is 1. The summed E-state index contributed by atoms with van der Waals surface area (Å²) in [6.07, 6.45) is 1.59. The van der Waals surface area contributed by atoms with E-state index < -0.39 is 15.8 Å². The Morgan fingerprint density at radius 2 is 1.88 bits per heavy atom. The van der Waals surface area contributed by atoms with Gasteiger partial charge in [0.2, 0.25) is 15.8 Å². The molecule has 0 aliphatic carbocycles. The minimum atomic E-state index is -3.92. The maximum absolute atomic E-state index is 14.7. The molecule has 0 amide bonds. The van der Waals surface area contributed by atoms with Gasteiger partial charge in [-0.05, 0) is 66.2 Å². The summed E-state index contributed by atoms with van der Waals surface area (Å²) < 4.78 is 48.3. The monoisotopic (exact) mass is 468 g/mol. The Kier molecular flexibility index (Phi) is 6.71. The van der Waals surface area contributed by atoms with Crippen molar-refractivity contribution >= 4 is 10.0 Å². The lowest BCUT2D eigenvalue weighted by Gasteiger charge is -2.22. The van der Waals surface area contributed by atoms with Crippen molar-refractivity contribution in [2.75, 3.05) is 6.61 Å². The Balaban J connectivity index is 1.65. The second-order valence-electron chi connectivity index (χ2n) is 7.05. The van der Waals surface area contributed by atoms with Gasteiger partial charge in [-0.3, -0.25) is 4.98 Å². The first-order valence-electron chi connectivity index (χ1n) is 10.1. The van der Waals surface area contributed by atoms with Crippen LogP contribution < -0.4 is 4.74 Å². The zero-order chi connectivity index (χ0) is 23.3. The van der Waals surface area contributed by atoms with E-state index >= 15 is 0 Å². The predicted molar refractivity (Wildman–Crippen MR) is 118 cm³/mol. The van der Waals surface area contributed by atoms with E-state index in [1.807, 2.05) is 6.92 Å². The molecule has 170 valence electrons. The van der Waals surface area contributed by atoms with Crippen molar-refractivity contribution in [3.05, 3.63) is 83.9 Å². The minimum absolute atomic E-state index is 0.0184. The molecular formula is C22H21FN6O3S. The molecule has 0 atom stereocenters. The molecule has 2 aromatic carbocycles. The highest BCUT2D eigenvalue weighted by atomic mass is 32.2. The third kappa shape index (κ3) is 5.21. The molecule has 0 spiro atoms. The molecule has 33 heavy (non-hydrogen) atoms. The van der Waals surface area contributed by atoms with Crippen molar-refractivity contribution in [3.8, 4) is 17.1 Å². The van der Waals surface area contributed by atoms with Crippen LogP contribution >= 0.6 is 0 Å². The van der Waals surface area contributed by atoms with Gasteiger partial charge in [-0.15, -0.1) is 10.2 Å². The lowest BCUT2D eigenvalue weighted by atomic mass is 10.1. The van der Waals surface area contributed by atoms with Crippen molar-refractivity contribution in [2.45, 2.75) is 24.9 Å². The molecule has 4 aromatic rings. The highest BCUT2D eigenvalue weighted by molar-refractivity contribution is 7.89. The van der Waals surface area contributed by atoms with Gasteiger partial charge in [-0.25, -0.2) is 12.8 Å². The van der Waals surface area contributed by atoms with Crippen molar-refractivity contribution in [1.29, 1.82) is 0 Å². The number of aromatic nitrogens is 5. The second kappa shape index (κ2) is 9.84. The number of ether oxygens (including phenoxy) is 1. The minimum Gasteiger partial charge on any atom is -0.494 e. The van der Waals surface area contributed by atoms with Crippen molar-refractivity contribution < 1.29 is 17.5 Å². The number of hydrogen-bond donors (Lipinski definition) is 1. The van der Waals surface area contributed by atoms with Gasteiger partial charge >= 0.3 is 0 Å². The molecule has 2 heterocycles. The highest BCUT2D eigenvalue weighted by Gasteiger charge is 2.26. The Hall–Kier alpha value is -3.70. The Morgan fingerprint density at radius 3 is 2.52 bits per heavy atom. The molecule has 0 saturated heterocycles.